The van der Waals surface area contributed by atoms with E-state index in [1.807, 2.05) is 6.92 Å². The molecule has 1 aromatic carbocycles. The number of sulfonamides is 1. The average molecular weight is 379 g/mol. The minimum absolute atomic E-state index is 0. The molecule has 0 unspecified atom stereocenters. The highest BCUT2D eigenvalue weighted by Gasteiger charge is 2.29. The molecule has 0 aliphatic carbocycles. The number of ether oxygens (including phenoxy) is 1. The maximum Gasteiger partial charge on any atom is 0.339 e. The first-order valence-electron chi connectivity index (χ1n) is 7.62. The van der Waals surface area contributed by atoms with Crippen LogP contribution in [0.3, 0.4) is 0 Å². The molecule has 1 aliphatic heterocycles. The molecule has 0 bridgehead atoms. The number of benzene rings is 1. The third-order valence-corrected chi connectivity index (χ3v) is 5.79. The van der Waals surface area contributed by atoms with Crippen LogP contribution in [0.15, 0.2) is 23.1 Å². The van der Waals surface area contributed by atoms with Crippen molar-refractivity contribution in [3.05, 3.63) is 23.8 Å². The number of piperazine rings is 1. The summed E-state index contributed by atoms with van der Waals surface area (Å²) in [5, 5.41) is 9.26. The molecular weight excluding hydrogens is 356 g/mol. The van der Waals surface area contributed by atoms with Crippen molar-refractivity contribution < 1.29 is 23.1 Å². The van der Waals surface area contributed by atoms with Crippen LogP contribution in [0.1, 0.15) is 24.2 Å². The molecule has 1 aromatic rings. The van der Waals surface area contributed by atoms with Crippen molar-refractivity contribution in [2.45, 2.75) is 18.7 Å². The van der Waals surface area contributed by atoms with E-state index in [0.29, 0.717) is 32.8 Å². The zero-order valence-electron chi connectivity index (χ0n) is 13.8. The summed E-state index contributed by atoms with van der Waals surface area (Å²) in [6, 6.07) is 3.98. The van der Waals surface area contributed by atoms with Gasteiger partial charge in [0.2, 0.25) is 10.0 Å². The van der Waals surface area contributed by atoms with Crippen LogP contribution in [0.2, 0.25) is 0 Å². The molecule has 1 heterocycles. The van der Waals surface area contributed by atoms with Crippen molar-refractivity contribution in [1.82, 2.24) is 9.21 Å². The van der Waals surface area contributed by atoms with Crippen LogP contribution in [0.4, 0.5) is 0 Å². The van der Waals surface area contributed by atoms with E-state index in [9.17, 15) is 18.3 Å². The van der Waals surface area contributed by atoms with Gasteiger partial charge in [0.15, 0.2) is 0 Å². The number of carboxylic acid groups (broad SMARTS) is 1. The molecule has 0 aromatic heterocycles. The van der Waals surface area contributed by atoms with E-state index in [1.165, 1.54) is 22.5 Å². The Morgan fingerprint density at radius 2 is 1.83 bits per heavy atom. The molecule has 1 aliphatic rings. The van der Waals surface area contributed by atoms with Gasteiger partial charge in [0.25, 0.3) is 0 Å². The topological polar surface area (TPSA) is 87.2 Å². The second-order valence-corrected chi connectivity index (χ2v) is 7.17. The lowest BCUT2D eigenvalue weighted by molar-refractivity contribution is 0.0692. The van der Waals surface area contributed by atoms with Gasteiger partial charge in [-0.1, -0.05) is 6.92 Å². The van der Waals surface area contributed by atoms with E-state index in [1.54, 1.807) is 6.92 Å². The Morgan fingerprint density at radius 1 is 1.21 bits per heavy atom. The summed E-state index contributed by atoms with van der Waals surface area (Å²) < 4.78 is 32.0. The van der Waals surface area contributed by atoms with Crippen LogP contribution < -0.4 is 4.74 Å². The molecule has 1 saturated heterocycles. The predicted molar refractivity (Wildman–Crippen MR) is 92.7 cm³/mol. The molecule has 2 rings (SSSR count). The zero-order chi connectivity index (χ0) is 17.0. The number of nitrogens with zero attached hydrogens (tertiary/aromatic N) is 2. The van der Waals surface area contributed by atoms with Gasteiger partial charge in [-0.2, -0.15) is 4.31 Å². The molecule has 1 fully saturated rings. The second kappa shape index (κ2) is 8.66. The first kappa shape index (κ1) is 20.7. The summed E-state index contributed by atoms with van der Waals surface area (Å²) >= 11 is 0. The first-order valence-corrected chi connectivity index (χ1v) is 9.06. The minimum atomic E-state index is -3.69. The van der Waals surface area contributed by atoms with Crippen LogP contribution in [0.5, 0.6) is 5.75 Å². The Balaban J connectivity index is 0.00000288. The van der Waals surface area contributed by atoms with Gasteiger partial charge in [0.05, 0.1) is 11.5 Å². The zero-order valence-corrected chi connectivity index (χ0v) is 15.4. The van der Waals surface area contributed by atoms with Crippen molar-refractivity contribution in [1.29, 1.82) is 0 Å². The van der Waals surface area contributed by atoms with E-state index < -0.39 is 16.0 Å². The van der Waals surface area contributed by atoms with Crippen LogP contribution >= 0.6 is 12.4 Å². The normalized spacial score (nSPS) is 16.4. The third kappa shape index (κ3) is 4.38. The Bertz CT molecular complexity index is 672. The van der Waals surface area contributed by atoms with Gasteiger partial charge >= 0.3 is 5.97 Å². The molecule has 7 nitrogen and oxygen atoms in total. The number of carbonyl (C=O) groups is 1. The van der Waals surface area contributed by atoms with Crippen LogP contribution in [0, 0.1) is 0 Å². The van der Waals surface area contributed by atoms with Crippen molar-refractivity contribution in [2.24, 2.45) is 0 Å². The molecule has 0 amide bonds. The number of carboxylic acids is 1. The SMILES string of the molecule is CCOc1ccc(S(=O)(=O)N2CCN(CC)CC2)cc1C(=O)O.Cl. The molecule has 1 N–H and O–H groups in total. The molecule has 136 valence electrons. The standard InChI is InChI=1S/C15H22N2O5S.ClH/c1-3-16-7-9-17(10-8-16)23(20,21)12-5-6-14(22-4-2)13(11-12)15(18)19;/h5-6,11H,3-4,7-10H2,1-2H3,(H,18,19);1H. The number of hydrogen-bond donors (Lipinski definition) is 1. The summed E-state index contributed by atoms with van der Waals surface area (Å²) in [6.07, 6.45) is 0. The maximum absolute atomic E-state index is 12.7. The fraction of sp³-hybridized carbons (Fsp3) is 0.533. The fourth-order valence-corrected chi connectivity index (χ4v) is 4.00. The highest BCUT2D eigenvalue weighted by molar-refractivity contribution is 7.89. The van der Waals surface area contributed by atoms with Crippen molar-refractivity contribution in [3.8, 4) is 5.75 Å². The third-order valence-electron chi connectivity index (χ3n) is 3.90. The number of hydrogen-bond acceptors (Lipinski definition) is 5. The summed E-state index contributed by atoms with van der Waals surface area (Å²) in [4.78, 5) is 13.5. The van der Waals surface area contributed by atoms with Gasteiger partial charge in [-0.3, -0.25) is 0 Å². The fourth-order valence-electron chi connectivity index (χ4n) is 2.55. The molecule has 0 spiro atoms. The van der Waals surface area contributed by atoms with Gasteiger partial charge in [0.1, 0.15) is 11.3 Å². The van der Waals surface area contributed by atoms with Crippen LogP contribution in [0.25, 0.3) is 0 Å². The average Bonchev–Trinajstić information content (AvgIpc) is 2.55. The Hall–Kier alpha value is -1.35. The van der Waals surface area contributed by atoms with E-state index in [0.717, 1.165) is 6.54 Å². The largest absolute Gasteiger partial charge is 0.493 e. The quantitative estimate of drug-likeness (QED) is 0.807. The predicted octanol–water partition coefficient (Wildman–Crippen LogP) is 1.53. The molecule has 0 radical (unpaired) electrons. The number of likely N-dealkylation sites (N-methyl/N-ethyl adjacent to an activating group) is 1. The highest BCUT2D eigenvalue weighted by atomic mass is 35.5. The number of halogens is 1. The Labute approximate surface area is 148 Å². The van der Waals surface area contributed by atoms with Crippen LogP contribution in [-0.2, 0) is 10.0 Å². The first-order chi connectivity index (χ1) is 10.9. The smallest absolute Gasteiger partial charge is 0.339 e. The second-order valence-electron chi connectivity index (χ2n) is 5.23. The number of rotatable bonds is 6. The Morgan fingerprint density at radius 3 is 2.33 bits per heavy atom. The minimum Gasteiger partial charge on any atom is -0.493 e. The summed E-state index contributed by atoms with van der Waals surface area (Å²) in [6.45, 7) is 7.15. The van der Waals surface area contributed by atoms with Gasteiger partial charge < -0.3 is 14.7 Å². The summed E-state index contributed by atoms with van der Waals surface area (Å²) in [5.41, 5.74) is -0.139. The summed E-state index contributed by atoms with van der Waals surface area (Å²) in [5.74, 6) is -1.03. The molecule has 0 atom stereocenters. The number of aromatic carboxylic acids is 1. The lowest BCUT2D eigenvalue weighted by atomic mass is 10.2. The van der Waals surface area contributed by atoms with Crippen molar-refractivity contribution >= 4 is 28.4 Å². The van der Waals surface area contributed by atoms with Crippen LogP contribution in [-0.4, -0.2) is 68.0 Å². The van der Waals surface area contributed by atoms with E-state index in [2.05, 4.69) is 4.90 Å². The van der Waals surface area contributed by atoms with E-state index >= 15 is 0 Å². The van der Waals surface area contributed by atoms with Crippen molar-refractivity contribution in [3.63, 3.8) is 0 Å². The van der Waals surface area contributed by atoms with Crippen molar-refractivity contribution in [2.75, 3.05) is 39.3 Å². The van der Waals surface area contributed by atoms with Gasteiger partial charge in [-0.25, -0.2) is 13.2 Å². The highest BCUT2D eigenvalue weighted by Crippen LogP contribution is 2.25. The lowest BCUT2D eigenvalue weighted by Crippen LogP contribution is -2.48. The van der Waals surface area contributed by atoms with Gasteiger partial charge in [-0.05, 0) is 31.7 Å². The molecule has 24 heavy (non-hydrogen) atoms. The van der Waals surface area contributed by atoms with E-state index in [4.69, 9.17) is 4.74 Å². The monoisotopic (exact) mass is 378 g/mol. The maximum atomic E-state index is 12.7. The lowest BCUT2D eigenvalue weighted by Gasteiger charge is -2.33. The van der Waals surface area contributed by atoms with Gasteiger partial charge in [0, 0.05) is 26.2 Å². The van der Waals surface area contributed by atoms with E-state index in [-0.39, 0.29) is 28.6 Å². The molecular formula is C15H23ClN2O5S. The van der Waals surface area contributed by atoms with Gasteiger partial charge in [-0.15, -0.1) is 12.4 Å². The molecule has 9 heteroatoms. The summed E-state index contributed by atoms with van der Waals surface area (Å²) in [7, 11) is -3.69. The molecule has 0 saturated carbocycles. The Kier molecular flexibility index (Phi) is 7.47.